The zero-order valence-corrected chi connectivity index (χ0v) is 17.9. The monoisotopic (exact) mass is 444 g/mol. The molecule has 0 aliphatic carbocycles. The van der Waals surface area contributed by atoms with Gasteiger partial charge in [-0.3, -0.25) is 4.79 Å². The Morgan fingerprint density at radius 3 is 2.59 bits per heavy atom. The number of carbonyl (C=O) groups excluding carboxylic acids is 1. The quantitative estimate of drug-likeness (QED) is 0.526. The average molecular weight is 445 g/mol. The van der Waals surface area contributed by atoms with Gasteiger partial charge in [-0.25, -0.2) is 0 Å². The lowest BCUT2D eigenvalue weighted by atomic mass is 10.2. The fourth-order valence-electron chi connectivity index (χ4n) is 2.62. The minimum absolute atomic E-state index is 0.0219. The summed E-state index contributed by atoms with van der Waals surface area (Å²) in [5, 5.41) is 9.17. The van der Waals surface area contributed by atoms with E-state index in [4.69, 9.17) is 0 Å². The van der Waals surface area contributed by atoms with Crippen LogP contribution in [-0.4, -0.2) is 33.5 Å². The molecule has 1 amide bonds. The summed E-state index contributed by atoms with van der Waals surface area (Å²) in [5.74, 6) is 1.16. The van der Waals surface area contributed by atoms with E-state index in [1.165, 1.54) is 17.3 Å². The van der Waals surface area contributed by atoms with Crippen LogP contribution in [0.5, 0.6) is 0 Å². The molecule has 0 saturated heterocycles. The SMILES string of the molecule is Cc1cc(N(C)C(=O)CSc2nnc(C)n2Cc2ccccc2)ccc1Br. The van der Waals surface area contributed by atoms with Crippen molar-refractivity contribution in [3.8, 4) is 0 Å². The molecule has 0 saturated carbocycles. The lowest BCUT2D eigenvalue weighted by Crippen LogP contribution is -2.28. The first-order valence-electron chi connectivity index (χ1n) is 8.55. The number of rotatable bonds is 6. The number of aromatic nitrogens is 3. The molecule has 0 bridgehead atoms. The summed E-state index contributed by atoms with van der Waals surface area (Å²) in [7, 11) is 1.80. The number of benzene rings is 2. The van der Waals surface area contributed by atoms with Crippen molar-refractivity contribution in [3.63, 3.8) is 0 Å². The zero-order chi connectivity index (χ0) is 19.4. The Balaban J connectivity index is 1.67. The molecule has 0 fully saturated rings. The summed E-state index contributed by atoms with van der Waals surface area (Å²) in [6.45, 7) is 4.63. The molecular formula is C20H21BrN4OS. The molecule has 7 heteroatoms. The summed E-state index contributed by atoms with van der Waals surface area (Å²) >= 11 is 4.90. The fraction of sp³-hybridized carbons (Fsp3) is 0.250. The van der Waals surface area contributed by atoms with E-state index >= 15 is 0 Å². The number of carbonyl (C=O) groups is 1. The Morgan fingerprint density at radius 1 is 1.15 bits per heavy atom. The van der Waals surface area contributed by atoms with Gasteiger partial charge in [0.15, 0.2) is 5.16 Å². The van der Waals surface area contributed by atoms with Gasteiger partial charge in [-0.1, -0.05) is 58.0 Å². The van der Waals surface area contributed by atoms with Crippen LogP contribution in [0.4, 0.5) is 5.69 Å². The molecule has 0 aliphatic heterocycles. The zero-order valence-electron chi connectivity index (χ0n) is 15.5. The maximum absolute atomic E-state index is 12.6. The number of halogens is 1. The molecule has 27 heavy (non-hydrogen) atoms. The van der Waals surface area contributed by atoms with Gasteiger partial charge < -0.3 is 9.47 Å². The van der Waals surface area contributed by atoms with Crippen molar-refractivity contribution in [2.45, 2.75) is 25.5 Å². The maximum atomic E-state index is 12.6. The van der Waals surface area contributed by atoms with E-state index in [0.29, 0.717) is 12.3 Å². The molecule has 2 aromatic carbocycles. The fourth-order valence-corrected chi connectivity index (χ4v) is 3.76. The van der Waals surface area contributed by atoms with Crippen molar-refractivity contribution >= 4 is 39.3 Å². The standard InChI is InChI=1S/C20H21BrN4OS/c1-14-11-17(9-10-18(14)21)24(3)19(26)13-27-20-23-22-15(2)25(20)12-16-7-5-4-6-8-16/h4-11H,12-13H2,1-3H3. The smallest absolute Gasteiger partial charge is 0.237 e. The highest BCUT2D eigenvalue weighted by atomic mass is 79.9. The Labute approximate surface area is 171 Å². The van der Waals surface area contributed by atoms with Gasteiger partial charge in [-0.05, 0) is 43.2 Å². The van der Waals surface area contributed by atoms with Crippen molar-refractivity contribution in [1.82, 2.24) is 14.8 Å². The van der Waals surface area contributed by atoms with E-state index in [9.17, 15) is 4.79 Å². The highest BCUT2D eigenvalue weighted by Crippen LogP contribution is 2.24. The van der Waals surface area contributed by atoms with Gasteiger partial charge in [-0.2, -0.15) is 0 Å². The molecule has 0 aliphatic rings. The number of hydrogen-bond donors (Lipinski definition) is 0. The summed E-state index contributed by atoms with van der Waals surface area (Å²) in [6, 6.07) is 16.1. The van der Waals surface area contributed by atoms with Gasteiger partial charge >= 0.3 is 0 Å². The second-order valence-corrected chi connectivity index (χ2v) is 8.07. The van der Waals surface area contributed by atoms with Crippen molar-refractivity contribution < 1.29 is 4.79 Å². The van der Waals surface area contributed by atoms with Crippen LogP contribution in [0.3, 0.4) is 0 Å². The molecule has 0 unspecified atom stereocenters. The second kappa shape index (κ2) is 8.71. The van der Waals surface area contributed by atoms with Crippen LogP contribution >= 0.6 is 27.7 Å². The first-order chi connectivity index (χ1) is 13.0. The highest BCUT2D eigenvalue weighted by Gasteiger charge is 2.16. The lowest BCUT2D eigenvalue weighted by molar-refractivity contribution is -0.115. The third-order valence-electron chi connectivity index (χ3n) is 4.31. The summed E-state index contributed by atoms with van der Waals surface area (Å²) in [5.41, 5.74) is 3.15. The molecular weight excluding hydrogens is 424 g/mol. The maximum Gasteiger partial charge on any atom is 0.237 e. The van der Waals surface area contributed by atoms with Crippen LogP contribution in [0.1, 0.15) is 17.0 Å². The summed E-state index contributed by atoms with van der Waals surface area (Å²) in [6.07, 6.45) is 0. The predicted octanol–water partition coefficient (Wildman–Crippen LogP) is 4.46. The highest BCUT2D eigenvalue weighted by molar-refractivity contribution is 9.10. The molecule has 5 nitrogen and oxygen atoms in total. The van der Waals surface area contributed by atoms with Gasteiger partial charge in [0.2, 0.25) is 5.91 Å². The van der Waals surface area contributed by atoms with Gasteiger partial charge in [-0.15, -0.1) is 10.2 Å². The van der Waals surface area contributed by atoms with E-state index in [1.54, 1.807) is 11.9 Å². The largest absolute Gasteiger partial charge is 0.315 e. The second-order valence-electron chi connectivity index (χ2n) is 6.28. The Hall–Kier alpha value is -2.12. The van der Waals surface area contributed by atoms with Gasteiger partial charge in [0.25, 0.3) is 0 Å². The molecule has 3 aromatic rings. The van der Waals surface area contributed by atoms with E-state index in [-0.39, 0.29) is 5.91 Å². The number of amides is 1. The van der Waals surface area contributed by atoms with E-state index in [1.807, 2.05) is 54.8 Å². The third-order valence-corrected chi connectivity index (χ3v) is 6.15. The Kier molecular flexibility index (Phi) is 6.34. The molecule has 140 valence electrons. The molecule has 1 heterocycles. The molecule has 3 rings (SSSR count). The first kappa shape index (κ1) is 19.6. The number of anilines is 1. The van der Waals surface area contributed by atoms with Gasteiger partial charge in [0, 0.05) is 17.2 Å². The van der Waals surface area contributed by atoms with Crippen molar-refractivity contribution in [1.29, 1.82) is 0 Å². The normalized spacial score (nSPS) is 10.8. The third kappa shape index (κ3) is 4.78. The molecule has 0 spiro atoms. The van der Waals surface area contributed by atoms with Crippen LogP contribution < -0.4 is 4.90 Å². The molecule has 0 radical (unpaired) electrons. The molecule has 0 atom stereocenters. The summed E-state index contributed by atoms with van der Waals surface area (Å²) < 4.78 is 3.07. The van der Waals surface area contributed by atoms with Crippen LogP contribution in [0, 0.1) is 13.8 Å². The Morgan fingerprint density at radius 2 is 1.89 bits per heavy atom. The number of hydrogen-bond acceptors (Lipinski definition) is 4. The minimum Gasteiger partial charge on any atom is -0.315 e. The average Bonchev–Trinajstić information content (AvgIpc) is 3.02. The van der Waals surface area contributed by atoms with E-state index < -0.39 is 0 Å². The van der Waals surface area contributed by atoms with E-state index in [2.05, 4.69) is 38.3 Å². The Bertz CT molecular complexity index is 942. The first-order valence-corrected chi connectivity index (χ1v) is 10.3. The number of nitrogens with zero attached hydrogens (tertiary/aromatic N) is 4. The van der Waals surface area contributed by atoms with Gasteiger partial charge in [0.1, 0.15) is 5.82 Å². The van der Waals surface area contributed by atoms with E-state index in [0.717, 1.165) is 26.7 Å². The topological polar surface area (TPSA) is 51.0 Å². The predicted molar refractivity (Wildman–Crippen MR) is 113 cm³/mol. The van der Waals surface area contributed by atoms with Crippen LogP contribution in [0.15, 0.2) is 58.2 Å². The van der Waals surface area contributed by atoms with Crippen LogP contribution in [0.2, 0.25) is 0 Å². The number of aryl methyl sites for hydroxylation is 2. The van der Waals surface area contributed by atoms with Crippen molar-refractivity contribution in [2.24, 2.45) is 0 Å². The van der Waals surface area contributed by atoms with Crippen molar-refractivity contribution in [3.05, 3.63) is 70.0 Å². The van der Waals surface area contributed by atoms with Crippen LogP contribution in [-0.2, 0) is 11.3 Å². The van der Waals surface area contributed by atoms with Gasteiger partial charge in [0.05, 0.1) is 12.3 Å². The van der Waals surface area contributed by atoms with Crippen LogP contribution in [0.25, 0.3) is 0 Å². The van der Waals surface area contributed by atoms with Crippen molar-refractivity contribution in [2.75, 3.05) is 17.7 Å². The molecule has 1 aromatic heterocycles. The lowest BCUT2D eigenvalue weighted by Gasteiger charge is -2.18. The number of thioether (sulfide) groups is 1. The summed E-state index contributed by atoms with van der Waals surface area (Å²) in [4.78, 5) is 14.3. The molecule has 0 N–H and O–H groups in total. The minimum atomic E-state index is 0.0219.